The molecule has 0 bridgehead atoms. The van der Waals surface area contributed by atoms with E-state index in [9.17, 15) is 5.11 Å². The van der Waals surface area contributed by atoms with Crippen LogP contribution in [-0.4, -0.2) is 52.1 Å². The fourth-order valence-electron chi connectivity index (χ4n) is 3.39. The van der Waals surface area contributed by atoms with E-state index >= 15 is 0 Å². The summed E-state index contributed by atoms with van der Waals surface area (Å²) >= 11 is 0. The van der Waals surface area contributed by atoms with Gasteiger partial charge in [-0.15, -0.1) is 0 Å². The smallest absolute Gasteiger partial charge is 0.119 e. The Balaban J connectivity index is 1.56. The van der Waals surface area contributed by atoms with Crippen LogP contribution < -0.4 is 4.74 Å². The van der Waals surface area contributed by atoms with E-state index in [0.717, 1.165) is 18.7 Å². The Morgan fingerprint density at radius 2 is 2.26 bits per heavy atom. The van der Waals surface area contributed by atoms with Crippen LogP contribution in [0.2, 0.25) is 0 Å². The van der Waals surface area contributed by atoms with Crippen LogP contribution in [-0.2, 0) is 13.0 Å². The van der Waals surface area contributed by atoms with Crippen molar-refractivity contribution < 1.29 is 9.84 Å². The Hall–Kier alpha value is -1.85. The molecule has 1 saturated heterocycles. The summed E-state index contributed by atoms with van der Waals surface area (Å²) in [6.45, 7) is 2.31. The van der Waals surface area contributed by atoms with E-state index in [4.69, 9.17) is 4.74 Å². The molecular formula is C18H25N3O2. The SMILES string of the molecule is COc1cccc(CC2CCCN2CC(O)Cn2cccn2)c1. The zero-order valence-electron chi connectivity index (χ0n) is 13.6. The van der Waals surface area contributed by atoms with Gasteiger partial charge in [0.05, 0.1) is 19.8 Å². The molecule has 2 unspecified atom stereocenters. The molecule has 3 rings (SSSR count). The number of ether oxygens (including phenoxy) is 1. The number of aliphatic hydroxyl groups is 1. The zero-order valence-corrected chi connectivity index (χ0v) is 13.6. The lowest BCUT2D eigenvalue weighted by molar-refractivity contribution is 0.0890. The molecule has 1 aliphatic heterocycles. The van der Waals surface area contributed by atoms with E-state index in [1.54, 1.807) is 18.0 Å². The summed E-state index contributed by atoms with van der Waals surface area (Å²) in [7, 11) is 1.70. The Morgan fingerprint density at radius 1 is 1.35 bits per heavy atom. The Bertz CT molecular complexity index is 600. The summed E-state index contributed by atoms with van der Waals surface area (Å²) < 4.78 is 7.10. The first kappa shape index (κ1) is 16.0. The van der Waals surface area contributed by atoms with Gasteiger partial charge in [-0.05, 0) is 49.6 Å². The second-order valence-electron chi connectivity index (χ2n) is 6.23. The Morgan fingerprint density at radius 3 is 3.04 bits per heavy atom. The van der Waals surface area contributed by atoms with Gasteiger partial charge in [-0.1, -0.05) is 12.1 Å². The topological polar surface area (TPSA) is 50.5 Å². The molecule has 0 spiro atoms. The second-order valence-corrected chi connectivity index (χ2v) is 6.23. The molecule has 0 radical (unpaired) electrons. The van der Waals surface area contributed by atoms with Crippen molar-refractivity contribution in [3.8, 4) is 5.75 Å². The molecule has 1 fully saturated rings. The molecule has 1 N–H and O–H groups in total. The normalized spacial score (nSPS) is 19.8. The number of hydrogen-bond donors (Lipinski definition) is 1. The Labute approximate surface area is 137 Å². The first-order valence-corrected chi connectivity index (χ1v) is 8.27. The average Bonchev–Trinajstić information content (AvgIpc) is 3.20. The summed E-state index contributed by atoms with van der Waals surface area (Å²) in [4.78, 5) is 2.41. The summed E-state index contributed by atoms with van der Waals surface area (Å²) in [6, 6.07) is 10.7. The van der Waals surface area contributed by atoms with Gasteiger partial charge in [0.25, 0.3) is 0 Å². The van der Waals surface area contributed by atoms with Crippen LogP contribution in [0.1, 0.15) is 18.4 Å². The van der Waals surface area contributed by atoms with Gasteiger partial charge in [-0.2, -0.15) is 5.10 Å². The summed E-state index contributed by atoms with van der Waals surface area (Å²) in [5.74, 6) is 0.908. The van der Waals surface area contributed by atoms with Gasteiger partial charge < -0.3 is 9.84 Å². The summed E-state index contributed by atoms with van der Waals surface area (Å²) in [6.07, 6.45) is 6.64. The number of rotatable bonds is 7. The fourth-order valence-corrected chi connectivity index (χ4v) is 3.39. The number of benzene rings is 1. The van der Waals surface area contributed by atoms with Crippen molar-refractivity contribution in [2.45, 2.75) is 38.0 Å². The van der Waals surface area contributed by atoms with E-state index in [-0.39, 0.29) is 6.10 Å². The van der Waals surface area contributed by atoms with Gasteiger partial charge in [0, 0.05) is 25.0 Å². The highest BCUT2D eigenvalue weighted by Crippen LogP contribution is 2.23. The van der Waals surface area contributed by atoms with Crippen LogP contribution in [0.3, 0.4) is 0 Å². The first-order valence-electron chi connectivity index (χ1n) is 8.27. The molecular weight excluding hydrogens is 290 g/mol. The van der Waals surface area contributed by atoms with Crippen molar-refractivity contribution in [3.05, 3.63) is 48.3 Å². The molecule has 1 aromatic carbocycles. The third kappa shape index (κ3) is 4.33. The first-order chi connectivity index (χ1) is 11.2. The van der Waals surface area contributed by atoms with Crippen LogP contribution >= 0.6 is 0 Å². The van der Waals surface area contributed by atoms with Gasteiger partial charge in [-0.3, -0.25) is 9.58 Å². The number of aromatic nitrogens is 2. The van der Waals surface area contributed by atoms with Gasteiger partial charge in [0.2, 0.25) is 0 Å². The molecule has 23 heavy (non-hydrogen) atoms. The number of nitrogens with zero attached hydrogens (tertiary/aromatic N) is 3. The van der Waals surface area contributed by atoms with Crippen LogP contribution in [0.5, 0.6) is 5.75 Å². The van der Waals surface area contributed by atoms with E-state index in [2.05, 4.69) is 22.1 Å². The predicted octanol–water partition coefficient (Wildman–Crippen LogP) is 1.96. The van der Waals surface area contributed by atoms with Crippen LogP contribution in [0.25, 0.3) is 0 Å². The van der Waals surface area contributed by atoms with Crippen molar-refractivity contribution in [2.75, 3.05) is 20.2 Å². The number of β-amino-alcohol motifs (C(OH)–C–C–N with tert-alkyl or cyclic N) is 1. The lowest BCUT2D eigenvalue weighted by Crippen LogP contribution is -2.39. The van der Waals surface area contributed by atoms with Gasteiger partial charge in [0.15, 0.2) is 0 Å². The van der Waals surface area contributed by atoms with E-state index in [1.807, 2.05) is 24.4 Å². The monoisotopic (exact) mass is 315 g/mol. The zero-order chi connectivity index (χ0) is 16.1. The molecule has 1 aromatic heterocycles. The molecule has 0 amide bonds. The van der Waals surface area contributed by atoms with Gasteiger partial charge in [0.1, 0.15) is 5.75 Å². The molecule has 1 aliphatic rings. The summed E-state index contributed by atoms with van der Waals surface area (Å²) in [5.41, 5.74) is 1.29. The lowest BCUT2D eigenvalue weighted by atomic mass is 10.0. The van der Waals surface area contributed by atoms with Crippen LogP contribution in [0.15, 0.2) is 42.7 Å². The highest BCUT2D eigenvalue weighted by molar-refractivity contribution is 5.29. The van der Waals surface area contributed by atoms with E-state index < -0.39 is 0 Å². The third-order valence-corrected chi connectivity index (χ3v) is 4.51. The fraction of sp³-hybridized carbons (Fsp3) is 0.500. The minimum atomic E-state index is -0.388. The largest absolute Gasteiger partial charge is 0.497 e. The molecule has 2 aromatic rings. The molecule has 0 saturated carbocycles. The molecule has 5 heteroatoms. The number of likely N-dealkylation sites (tertiary alicyclic amines) is 1. The number of hydrogen-bond acceptors (Lipinski definition) is 4. The number of methoxy groups -OCH3 is 1. The van der Waals surface area contributed by atoms with Crippen LogP contribution in [0, 0.1) is 0 Å². The maximum atomic E-state index is 10.3. The predicted molar refractivity (Wildman–Crippen MR) is 89.5 cm³/mol. The number of aliphatic hydroxyl groups excluding tert-OH is 1. The minimum absolute atomic E-state index is 0.388. The average molecular weight is 315 g/mol. The highest BCUT2D eigenvalue weighted by atomic mass is 16.5. The molecule has 2 heterocycles. The maximum absolute atomic E-state index is 10.3. The van der Waals surface area contributed by atoms with Crippen molar-refractivity contribution in [3.63, 3.8) is 0 Å². The van der Waals surface area contributed by atoms with Crippen molar-refractivity contribution in [2.24, 2.45) is 0 Å². The standard InChI is InChI=1S/C18H25N3O2/c1-23-18-7-2-5-15(12-18)11-16-6-3-9-20(16)13-17(22)14-21-10-4-8-19-21/h2,4-5,7-8,10,12,16-17,22H,3,6,9,11,13-14H2,1H3. The van der Waals surface area contributed by atoms with Gasteiger partial charge in [-0.25, -0.2) is 0 Å². The van der Waals surface area contributed by atoms with Crippen molar-refractivity contribution in [1.82, 2.24) is 14.7 Å². The Kier molecular flexibility index (Phi) is 5.31. The highest BCUT2D eigenvalue weighted by Gasteiger charge is 2.26. The maximum Gasteiger partial charge on any atom is 0.119 e. The van der Waals surface area contributed by atoms with Crippen LogP contribution in [0.4, 0.5) is 0 Å². The second kappa shape index (κ2) is 7.62. The third-order valence-electron chi connectivity index (χ3n) is 4.51. The van der Waals surface area contributed by atoms with E-state index in [0.29, 0.717) is 19.1 Å². The molecule has 5 nitrogen and oxygen atoms in total. The quantitative estimate of drug-likeness (QED) is 0.848. The molecule has 2 atom stereocenters. The van der Waals surface area contributed by atoms with Crippen molar-refractivity contribution >= 4 is 0 Å². The minimum Gasteiger partial charge on any atom is -0.497 e. The van der Waals surface area contributed by atoms with Gasteiger partial charge >= 0.3 is 0 Å². The van der Waals surface area contributed by atoms with E-state index in [1.165, 1.54) is 18.4 Å². The van der Waals surface area contributed by atoms with Crippen molar-refractivity contribution in [1.29, 1.82) is 0 Å². The molecule has 124 valence electrons. The molecule has 0 aliphatic carbocycles. The summed E-state index contributed by atoms with van der Waals surface area (Å²) in [5, 5.41) is 14.5. The lowest BCUT2D eigenvalue weighted by Gasteiger charge is -2.27.